The monoisotopic (exact) mass is 485 g/mol. The molecule has 1 aliphatic carbocycles. The van der Waals surface area contributed by atoms with E-state index in [-0.39, 0.29) is 30.3 Å². The summed E-state index contributed by atoms with van der Waals surface area (Å²) >= 11 is 0. The number of aromatic nitrogens is 4. The van der Waals surface area contributed by atoms with Crippen molar-refractivity contribution in [1.82, 2.24) is 36.6 Å². The molecule has 1 fully saturated rings. The molecule has 2 aromatic rings. The second kappa shape index (κ2) is 10.7. The number of tetrazole rings is 1. The molecule has 14 heteroatoms. The third-order valence-corrected chi connectivity index (χ3v) is 5.18. The molecule has 0 bridgehead atoms. The van der Waals surface area contributed by atoms with Crippen molar-refractivity contribution in [2.75, 3.05) is 0 Å². The number of nitrogens with one attached hydrogen (secondary N) is 4. The number of H-pyrrole nitrogens is 1. The zero-order valence-electron chi connectivity index (χ0n) is 18.0. The third-order valence-electron chi connectivity index (χ3n) is 5.18. The van der Waals surface area contributed by atoms with Crippen LogP contribution in [0.15, 0.2) is 24.3 Å². The van der Waals surface area contributed by atoms with E-state index in [9.17, 15) is 31.9 Å². The fraction of sp³-hybridized carbons (Fsp3) is 0.500. The van der Waals surface area contributed by atoms with Crippen LogP contribution in [0.5, 0.6) is 0 Å². The molecule has 1 aromatic carbocycles. The Hall–Kier alpha value is -3.42. The smallest absolute Gasteiger partial charge is 0.347 e. The van der Waals surface area contributed by atoms with Crippen LogP contribution >= 0.6 is 0 Å². The summed E-state index contributed by atoms with van der Waals surface area (Å²) < 4.78 is 54.8. The number of benzene rings is 1. The van der Waals surface area contributed by atoms with Crippen LogP contribution in [0.4, 0.5) is 17.6 Å². The van der Waals surface area contributed by atoms with Gasteiger partial charge in [-0.25, -0.2) is 9.49 Å². The lowest BCUT2D eigenvalue weighted by Crippen LogP contribution is -2.55. The lowest BCUT2D eigenvalue weighted by atomic mass is 10.0. The van der Waals surface area contributed by atoms with Gasteiger partial charge in [0, 0.05) is 12.5 Å². The zero-order chi connectivity index (χ0) is 24.9. The highest BCUT2D eigenvalue weighted by atomic mass is 19.4. The second-order valence-corrected chi connectivity index (χ2v) is 7.88. The highest BCUT2D eigenvalue weighted by molar-refractivity contribution is 6.38. The van der Waals surface area contributed by atoms with E-state index < -0.39 is 47.7 Å². The Morgan fingerprint density at radius 2 is 1.82 bits per heavy atom. The molecular formula is C20H23F4N7O3. The van der Waals surface area contributed by atoms with E-state index in [1.807, 2.05) is 0 Å². The van der Waals surface area contributed by atoms with Crippen molar-refractivity contribution < 1.29 is 31.9 Å². The molecule has 0 spiro atoms. The lowest BCUT2D eigenvalue weighted by molar-refractivity contribution is -0.161. The number of aromatic amines is 1. The fourth-order valence-corrected chi connectivity index (χ4v) is 3.19. The highest BCUT2D eigenvalue weighted by Gasteiger charge is 2.43. The number of amides is 2. The normalized spacial score (nSPS) is 16.4. The molecule has 184 valence electrons. The average Bonchev–Trinajstić information content (AvgIpc) is 3.45. The number of carbonyl (C=O) groups is 3. The first-order valence-electron chi connectivity index (χ1n) is 10.5. The number of rotatable bonds is 11. The average molecular weight is 485 g/mol. The summed E-state index contributed by atoms with van der Waals surface area (Å²) in [5, 5.41) is 19.7. The van der Waals surface area contributed by atoms with Gasteiger partial charge in [-0.15, -0.1) is 5.10 Å². The minimum atomic E-state index is -4.85. The van der Waals surface area contributed by atoms with E-state index in [0.29, 0.717) is 0 Å². The molecule has 1 aromatic heterocycles. The highest BCUT2D eigenvalue weighted by Crippen LogP contribution is 2.33. The number of Topliss-reactive ketones (excluding diaryl/α,β-unsaturated/α-hetero) is 1. The van der Waals surface area contributed by atoms with E-state index in [1.54, 1.807) is 6.92 Å². The molecule has 0 saturated heterocycles. The van der Waals surface area contributed by atoms with E-state index in [2.05, 4.69) is 36.6 Å². The van der Waals surface area contributed by atoms with Gasteiger partial charge in [-0.2, -0.15) is 13.2 Å². The van der Waals surface area contributed by atoms with Gasteiger partial charge >= 0.3 is 6.18 Å². The predicted molar refractivity (Wildman–Crippen MR) is 108 cm³/mol. The van der Waals surface area contributed by atoms with Crippen LogP contribution in [0.1, 0.15) is 43.6 Å². The van der Waals surface area contributed by atoms with Crippen LogP contribution in [0.3, 0.4) is 0 Å². The number of nitrogens with zero attached hydrogens (tertiary/aromatic N) is 3. The van der Waals surface area contributed by atoms with Crippen molar-refractivity contribution in [2.24, 2.45) is 0 Å². The van der Waals surface area contributed by atoms with E-state index in [0.717, 1.165) is 37.1 Å². The molecule has 2 amide bonds. The summed E-state index contributed by atoms with van der Waals surface area (Å²) in [6.07, 6.45) is -3.69. The van der Waals surface area contributed by atoms with Crippen molar-refractivity contribution in [1.29, 1.82) is 0 Å². The third kappa shape index (κ3) is 6.79. The SMILES string of the molecule is CC[C@H](NC(=O)[C@H](Cc1nnn[nH]1)N[C@@H](c1ccc(F)cc1)C(F)(F)F)C(=O)C(=O)NC1CC1. The van der Waals surface area contributed by atoms with E-state index in [1.165, 1.54) is 0 Å². The predicted octanol–water partition coefficient (Wildman–Crippen LogP) is 0.886. The van der Waals surface area contributed by atoms with Gasteiger partial charge in [-0.1, -0.05) is 19.1 Å². The number of ketones is 1. The van der Waals surface area contributed by atoms with Crippen LogP contribution in [-0.2, 0) is 20.8 Å². The van der Waals surface area contributed by atoms with Gasteiger partial charge in [0.1, 0.15) is 11.9 Å². The maximum Gasteiger partial charge on any atom is 0.407 e. The molecule has 1 saturated carbocycles. The Balaban J connectivity index is 1.80. The Morgan fingerprint density at radius 1 is 1.15 bits per heavy atom. The van der Waals surface area contributed by atoms with Gasteiger partial charge in [0.05, 0.1) is 12.1 Å². The summed E-state index contributed by atoms with van der Waals surface area (Å²) in [5.41, 5.74) is -0.325. The first-order valence-corrected chi connectivity index (χ1v) is 10.5. The summed E-state index contributed by atoms with van der Waals surface area (Å²) in [7, 11) is 0. The van der Waals surface area contributed by atoms with Crippen molar-refractivity contribution in [2.45, 2.75) is 63.0 Å². The van der Waals surface area contributed by atoms with Gasteiger partial charge < -0.3 is 10.6 Å². The molecule has 10 nitrogen and oxygen atoms in total. The Morgan fingerprint density at radius 3 is 2.35 bits per heavy atom. The van der Waals surface area contributed by atoms with E-state index >= 15 is 0 Å². The van der Waals surface area contributed by atoms with Crippen LogP contribution in [0.2, 0.25) is 0 Å². The molecule has 3 atom stereocenters. The number of hydrogen-bond donors (Lipinski definition) is 4. The molecule has 1 heterocycles. The standard InChI is InChI=1S/C20H23F4N7O3/c1-2-13(16(32)19(34)25-12-7-8-12)27-18(33)14(9-15-28-30-31-29-15)26-17(20(22,23)24)10-3-5-11(21)6-4-10/h3-6,12-14,17,26H,2,7-9H2,1H3,(H,25,34)(H,27,33)(H,28,29,30,31)/t13-,14-,17-/m0/s1. The summed E-state index contributed by atoms with van der Waals surface area (Å²) in [6, 6.07) is -1.57. The maximum absolute atomic E-state index is 13.9. The first kappa shape index (κ1) is 25.2. The van der Waals surface area contributed by atoms with E-state index in [4.69, 9.17) is 0 Å². The van der Waals surface area contributed by atoms with Gasteiger partial charge in [0.2, 0.25) is 11.7 Å². The van der Waals surface area contributed by atoms with Crippen molar-refractivity contribution in [3.63, 3.8) is 0 Å². The Kier molecular flexibility index (Phi) is 7.91. The van der Waals surface area contributed by atoms with Crippen LogP contribution in [0.25, 0.3) is 0 Å². The molecule has 0 aliphatic heterocycles. The van der Waals surface area contributed by atoms with Crippen LogP contribution < -0.4 is 16.0 Å². The number of hydrogen-bond acceptors (Lipinski definition) is 7. The molecule has 0 radical (unpaired) electrons. The fourth-order valence-electron chi connectivity index (χ4n) is 3.19. The maximum atomic E-state index is 13.9. The quantitative estimate of drug-likeness (QED) is 0.274. The molecule has 0 unspecified atom stereocenters. The largest absolute Gasteiger partial charge is 0.407 e. The molecular weight excluding hydrogens is 462 g/mol. The first-order chi connectivity index (χ1) is 16.1. The van der Waals surface area contributed by atoms with Crippen molar-refractivity contribution in [3.05, 3.63) is 41.5 Å². The molecule has 34 heavy (non-hydrogen) atoms. The number of carbonyl (C=O) groups excluding carboxylic acids is 3. The summed E-state index contributed by atoms with van der Waals surface area (Å²) in [5.74, 6) is -3.43. The molecule has 4 N–H and O–H groups in total. The Labute approximate surface area is 191 Å². The zero-order valence-corrected chi connectivity index (χ0v) is 18.0. The van der Waals surface area contributed by atoms with Gasteiger partial charge in [-0.3, -0.25) is 19.7 Å². The van der Waals surface area contributed by atoms with Crippen molar-refractivity contribution >= 4 is 17.6 Å². The van der Waals surface area contributed by atoms with Gasteiger partial charge in [0.15, 0.2) is 5.82 Å². The number of alkyl halides is 3. The van der Waals surface area contributed by atoms with Gasteiger partial charge in [0.25, 0.3) is 5.91 Å². The van der Waals surface area contributed by atoms with Crippen LogP contribution in [-0.4, -0.2) is 62.5 Å². The van der Waals surface area contributed by atoms with Crippen molar-refractivity contribution in [3.8, 4) is 0 Å². The topological polar surface area (TPSA) is 142 Å². The molecule has 1 aliphatic rings. The minimum Gasteiger partial charge on any atom is -0.347 e. The molecule has 3 rings (SSSR count). The van der Waals surface area contributed by atoms with Crippen LogP contribution in [0, 0.1) is 5.82 Å². The lowest BCUT2D eigenvalue weighted by Gasteiger charge is -2.28. The summed E-state index contributed by atoms with van der Waals surface area (Å²) in [6.45, 7) is 1.55. The Bertz CT molecular complexity index is 995. The number of halogens is 4. The minimum absolute atomic E-state index is 0.0125. The summed E-state index contributed by atoms with van der Waals surface area (Å²) in [4.78, 5) is 37.5. The van der Waals surface area contributed by atoms with Gasteiger partial charge in [-0.05, 0) is 47.4 Å². The second-order valence-electron chi connectivity index (χ2n) is 7.88.